The Bertz CT molecular complexity index is 1260. The quantitative estimate of drug-likeness (QED) is 0.270. The van der Waals surface area contributed by atoms with Crippen LogP contribution in [-0.2, 0) is 16.1 Å². The Hall–Kier alpha value is -4.28. The van der Waals surface area contributed by atoms with Crippen LogP contribution in [0, 0.1) is 11.3 Å². The number of carbonyl (C=O) groups excluding carboxylic acids is 2. The van der Waals surface area contributed by atoms with Gasteiger partial charge >= 0.3 is 5.97 Å². The molecule has 0 atom stereocenters. The molecule has 3 aromatic carbocycles. The number of methoxy groups -OCH3 is 2. The smallest absolute Gasteiger partial charge is 0.337 e. The summed E-state index contributed by atoms with van der Waals surface area (Å²) in [6.45, 7) is 0.298. The molecule has 0 heterocycles. The number of nitrogens with one attached hydrogen (secondary N) is 1. The van der Waals surface area contributed by atoms with Crippen molar-refractivity contribution < 1.29 is 23.8 Å². The van der Waals surface area contributed by atoms with Gasteiger partial charge in [0.05, 0.1) is 19.8 Å². The number of amides is 1. The first-order chi connectivity index (χ1) is 16.4. The maximum absolute atomic E-state index is 12.6. The van der Waals surface area contributed by atoms with Gasteiger partial charge in [-0.25, -0.2) is 4.79 Å². The van der Waals surface area contributed by atoms with Crippen LogP contribution in [-0.4, -0.2) is 26.1 Å². The lowest BCUT2D eigenvalue weighted by Crippen LogP contribution is -2.13. The second-order valence-corrected chi connectivity index (χ2v) is 7.46. The third-order valence-electron chi connectivity index (χ3n) is 4.71. The number of hydrogen-bond donors (Lipinski definition) is 1. The minimum absolute atomic E-state index is 0.105. The van der Waals surface area contributed by atoms with E-state index in [1.807, 2.05) is 24.3 Å². The molecule has 1 amide bonds. The number of rotatable bonds is 8. The van der Waals surface area contributed by atoms with Gasteiger partial charge in [0.2, 0.25) is 0 Å². The first-order valence-corrected chi connectivity index (χ1v) is 10.5. The predicted molar refractivity (Wildman–Crippen MR) is 129 cm³/mol. The summed E-state index contributed by atoms with van der Waals surface area (Å²) in [6.07, 6.45) is 1.45. The molecule has 0 saturated carbocycles. The van der Waals surface area contributed by atoms with E-state index in [1.165, 1.54) is 32.4 Å². The van der Waals surface area contributed by atoms with E-state index in [0.29, 0.717) is 39.9 Å². The molecule has 0 aliphatic carbocycles. The molecule has 0 bridgehead atoms. The van der Waals surface area contributed by atoms with Crippen LogP contribution in [0.1, 0.15) is 21.5 Å². The standard InChI is InChI=1S/C26H21ClN2O5/c1-32-24-14-17(6-11-23(24)34-16-18-4-3-5-21(27)13-18)12-20(15-28)25(30)29-22-9-7-19(8-10-22)26(31)33-2/h3-14H,16H2,1-2H3,(H,29,30)/b20-12+. The molecule has 0 saturated heterocycles. The van der Waals surface area contributed by atoms with Gasteiger partial charge < -0.3 is 19.5 Å². The van der Waals surface area contributed by atoms with Gasteiger partial charge in [0.1, 0.15) is 18.2 Å². The maximum Gasteiger partial charge on any atom is 0.337 e. The summed E-state index contributed by atoms with van der Waals surface area (Å²) < 4.78 is 15.9. The van der Waals surface area contributed by atoms with Gasteiger partial charge in [0.15, 0.2) is 11.5 Å². The van der Waals surface area contributed by atoms with E-state index >= 15 is 0 Å². The number of ether oxygens (including phenoxy) is 3. The summed E-state index contributed by atoms with van der Waals surface area (Å²) >= 11 is 6.01. The van der Waals surface area contributed by atoms with Crippen molar-refractivity contribution in [2.24, 2.45) is 0 Å². The Morgan fingerprint density at radius 3 is 2.44 bits per heavy atom. The molecule has 1 N–H and O–H groups in total. The minimum Gasteiger partial charge on any atom is -0.493 e. The Labute approximate surface area is 202 Å². The summed E-state index contributed by atoms with van der Waals surface area (Å²) in [5.74, 6) is -0.113. The monoisotopic (exact) mass is 476 g/mol. The molecular weight excluding hydrogens is 456 g/mol. The Morgan fingerprint density at radius 1 is 1.03 bits per heavy atom. The number of halogens is 1. The van der Waals surface area contributed by atoms with Crippen molar-refractivity contribution in [3.05, 3.63) is 94.0 Å². The first kappa shape index (κ1) is 24.4. The number of carbonyl (C=O) groups is 2. The molecule has 0 unspecified atom stereocenters. The van der Waals surface area contributed by atoms with Gasteiger partial charge in [0.25, 0.3) is 5.91 Å². The number of nitrogens with zero attached hydrogens (tertiary/aromatic N) is 1. The molecule has 34 heavy (non-hydrogen) atoms. The Kier molecular flexibility index (Phi) is 8.27. The van der Waals surface area contributed by atoms with E-state index in [4.69, 9.17) is 21.1 Å². The Balaban J connectivity index is 1.72. The zero-order valence-electron chi connectivity index (χ0n) is 18.5. The molecule has 0 fully saturated rings. The Morgan fingerprint density at radius 2 is 1.79 bits per heavy atom. The average Bonchev–Trinajstić information content (AvgIpc) is 2.86. The van der Waals surface area contributed by atoms with Crippen LogP contribution in [0.3, 0.4) is 0 Å². The number of benzene rings is 3. The molecule has 0 aromatic heterocycles. The largest absolute Gasteiger partial charge is 0.493 e. The SMILES string of the molecule is COC(=O)c1ccc(NC(=O)/C(C#N)=C/c2ccc(OCc3cccc(Cl)c3)c(OC)c2)cc1. The van der Waals surface area contributed by atoms with Gasteiger partial charge in [-0.2, -0.15) is 5.26 Å². The van der Waals surface area contributed by atoms with Crippen molar-refractivity contribution in [1.82, 2.24) is 0 Å². The molecule has 0 spiro atoms. The number of esters is 1. The van der Waals surface area contributed by atoms with Crippen molar-refractivity contribution in [2.75, 3.05) is 19.5 Å². The number of nitriles is 1. The van der Waals surface area contributed by atoms with Gasteiger partial charge in [0, 0.05) is 10.7 Å². The maximum atomic E-state index is 12.6. The fourth-order valence-electron chi connectivity index (χ4n) is 3.00. The first-order valence-electron chi connectivity index (χ1n) is 10.1. The molecule has 3 rings (SSSR count). The third kappa shape index (κ3) is 6.37. The number of anilines is 1. The second-order valence-electron chi connectivity index (χ2n) is 7.02. The lowest BCUT2D eigenvalue weighted by Gasteiger charge is -2.12. The zero-order valence-corrected chi connectivity index (χ0v) is 19.3. The lowest BCUT2D eigenvalue weighted by molar-refractivity contribution is -0.112. The summed E-state index contributed by atoms with van der Waals surface area (Å²) in [5.41, 5.74) is 2.16. The predicted octanol–water partition coefficient (Wildman–Crippen LogP) is 5.26. The van der Waals surface area contributed by atoms with Crippen LogP contribution < -0.4 is 14.8 Å². The molecular formula is C26H21ClN2O5. The van der Waals surface area contributed by atoms with E-state index in [-0.39, 0.29) is 5.57 Å². The zero-order chi connectivity index (χ0) is 24.5. The van der Waals surface area contributed by atoms with Crippen molar-refractivity contribution in [3.8, 4) is 17.6 Å². The fraction of sp³-hybridized carbons (Fsp3) is 0.115. The highest BCUT2D eigenvalue weighted by Gasteiger charge is 2.12. The van der Waals surface area contributed by atoms with E-state index in [2.05, 4.69) is 10.1 Å². The lowest BCUT2D eigenvalue weighted by atomic mass is 10.1. The van der Waals surface area contributed by atoms with Gasteiger partial charge in [-0.15, -0.1) is 0 Å². The molecule has 0 aliphatic rings. The van der Waals surface area contributed by atoms with E-state index < -0.39 is 11.9 Å². The summed E-state index contributed by atoms with van der Waals surface area (Å²) in [5, 5.41) is 12.7. The highest BCUT2D eigenvalue weighted by atomic mass is 35.5. The molecule has 0 aliphatic heterocycles. The van der Waals surface area contributed by atoms with E-state index in [0.717, 1.165) is 5.56 Å². The van der Waals surface area contributed by atoms with Gasteiger partial charge in [-0.3, -0.25) is 4.79 Å². The highest BCUT2D eigenvalue weighted by molar-refractivity contribution is 6.30. The summed E-state index contributed by atoms with van der Waals surface area (Å²) in [6, 6.07) is 20.5. The third-order valence-corrected chi connectivity index (χ3v) is 4.95. The summed E-state index contributed by atoms with van der Waals surface area (Å²) in [7, 11) is 2.79. The fourth-order valence-corrected chi connectivity index (χ4v) is 3.22. The highest BCUT2D eigenvalue weighted by Crippen LogP contribution is 2.30. The second kappa shape index (κ2) is 11.5. The van der Waals surface area contributed by atoms with Crippen molar-refractivity contribution in [3.63, 3.8) is 0 Å². The normalized spacial score (nSPS) is 10.7. The molecule has 3 aromatic rings. The van der Waals surface area contributed by atoms with Crippen LogP contribution in [0.5, 0.6) is 11.5 Å². The van der Waals surface area contributed by atoms with Crippen LogP contribution >= 0.6 is 11.6 Å². The van der Waals surface area contributed by atoms with E-state index in [9.17, 15) is 14.9 Å². The van der Waals surface area contributed by atoms with Crippen molar-refractivity contribution >= 4 is 35.2 Å². The summed E-state index contributed by atoms with van der Waals surface area (Å²) in [4.78, 5) is 24.1. The van der Waals surface area contributed by atoms with Crippen LogP contribution in [0.2, 0.25) is 5.02 Å². The van der Waals surface area contributed by atoms with Crippen molar-refractivity contribution in [1.29, 1.82) is 5.26 Å². The topological polar surface area (TPSA) is 97.7 Å². The molecule has 172 valence electrons. The van der Waals surface area contributed by atoms with E-state index in [1.54, 1.807) is 36.4 Å². The molecule has 8 heteroatoms. The van der Waals surface area contributed by atoms with Gasteiger partial charge in [-0.05, 0) is 65.7 Å². The molecule has 7 nitrogen and oxygen atoms in total. The van der Waals surface area contributed by atoms with Crippen LogP contribution in [0.4, 0.5) is 5.69 Å². The van der Waals surface area contributed by atoms with Crippen LogP contribution in [0.15, 0.2) is 72.3 Å². The number of hydrogen-bond acceptors (Lipinski definition) is 6. The average molecular weight is 477 g/mol. The minimum atomic E-state index is -0.589. The van der Waals surface area contributed by atoms with Crippen molar-refractivity contribution in [2.45, 2.75) is 6.61 Å². The van der Waals surface area contributed by atoms with Crippen LogP contribution in [0.25, 0.3) is 6.08 Å². The molecule has 0 radical (unpaired) electrons. The van der Waals surface area contributed by atoms with Gasteiger partial charge in [-0.1, -0.05) is 29.8 Å².